The van der Waals surface area contributed by atoms with Crippen molar-refractivity contribution in [1.82, 2.24) is 0 Å². The summed E-state index contributed by atoms with van der Waals surface area (Å²) in [6, 6.07) is 3.10. The average molecular weight is 261 g/mol. The van der Waals surface area contributed by atoms with Crippen LogP contribution in [0.25, 0.3) is 0 Å². The van der Waals surface area contributed by atoms with E-state index >= 15 is 0 Å². The Hall–Kier alpha value is -0.870. The highest BCUT2D eigenvalue weighted by Crippen LogP contribution is 2.33. The normalized spacial score (nSPS) is 14.3. The van der Waals surface area contributed by atoms with Gasteiger partial charge in [0, 0.05) is 4.47 Å². The first-order chi connectivity index (χ1) is 6.11. The summed E-state index contributed by atoms with van der Waals surface area (Å²) in [7, 11) is 0. The van der Waals surface area contributed by atoms with Crippen molar-refractivity contribution in [3.63, 3.8) is 0 Å². The molecular formula is C8H2BrClO3. The van der Waals surface area contributed by atoms with Gasteiger partial charge < -0.3 is 4.74 Å². The van der Waals surface area contributed by atoms with E-state index in [4.69, 9.17) is 11.6 Å². The Kier molecular flexibility index (Phi) is 1.89. The second-order valence-electron chi connectivity index (χ2n) is 2.46. The molecule has 0 aromatic heterocycles. The van der Waals surface area contributed by atoms with Crippen LogP contribution in [0.1, 0.15) is 20.7 Å². The molecule has 5 heteroatoms. The molecule has 0 saturated heterocycles. The van der Waals surface area contributed by atoms with Crippen LogP contribution in [0, 0.1) is 0 Å². The first kappa shape index (κ1) is 8.72. The summed E-state index contributed by atoms with van der Waals surface area (Å²) in [5.74, 6) is -1.33. The predicted molar refractivity (Wildman–Crippen MR) is 48.9 cm³/mol. The molecule has 0 amide bonds. The van der Waals surface area contributed by atoms with Crippen LogP contribution in [0.2, 0.25) is 5.02 Å². The number of esters is 2. The van der Waals surface area contributed by atoms with E-state index in [0.717, 1.165) is 0 Å². The quantitative estimate of drug-likeness (QED) is 0.532. The molecule has 1 aliphatic heterocycles. The summed E-state index contributed by atoms with van der Waals surface area (Å²) >= 11 is 8.94. The van der Waals surface area contributed by atoms with Crippen LogP contribution in [-0.4, -0.2) is 11.9 Å². The van der Waals surface area contributed by atoms with Gasteiger partial charge in [-0.25, -0.2) is 9.59 Å². The van der Waals surface area contributed by atoms with Crippen molar-refractivity contribution in [2.45, 2.75) is 0 Å². The monoisotopic (exact) mass is 260 g/mol. The Morgan fingerprint density at radius 3 is 2.62 bits per heavy atom. The summed E-state index contributed by atoms with van der Waals surface area (Å²) in [4.78, 5) is 22.1. The van der Waals surface area contributed by atoms with Crippen LogP contribution in [0.15, 0.2) is 16.6 Å². The summed E-state index contributed by atoms with van der Waals surface area (Å²) in [5.41, 5.74) is 0.360. The van der Waals surface area contributed by atoms with E-state index in [1.807, 2.05) is 0 Å². The molecule has 0 atom stereocenters. The minimum Gasteiger partial charge on any atom is -0.386 e. The van der Waals surface area contributed by atoms with E-state index in [9.17, 15) is 9.59 Å². The number of halogens is 2. The second kappa shape index (κ2) is 2.82. The fraction of sp³-hybridized carbons (Fsp3) is 0. The molecule has 1 heterocycles. The molecule has 13 heavy (non-hydrogen) atoms. The van der Waals surface area contributed by atoms with Gasteiger partial charge in [0.15, 0.2) is 0 Å². The van der Waals surface area contributed by atoms with Gasteiger partial charge in [0.2, 0.25) is 0 Å². The molecule has 0 fully saturated rings. The number of carbonyl (C=O) groups is 2. The number of hydrogen-bond acceptors (Lipinski definition) is 3. The predicted octanol–water partition coefficient (Wildman–Crippen LogP) is 2.41. The number of benzene rings is 1. The largest absolute Gasteiger partial charge is 0.386 e. The van der Waals surface area contributed by atoms with Crippen molar-refractivity contribution in [3.8, 4) is 0 Å². The van der Waals surface area contributed by atoms with E-state index in [-0.39, 0.29) is 16.1 Å². The summed E-state index contributed by atoms with van der Waals surface area (Å²) < 4.78 is 4.95. The molecule has 3 nitrogen and oxygen atoms in total. The molecule has 0 radical (unpaired) electrons. The van der Waals surface area contributed by atoms with Gasteiger partial charge >= 0.3 is 11.9 Å². The molecule has 0 spiro atoms. The molecule has 1 aromatic rings. The summed E-state index contributed by atoms with van der Waals surface area (Å²) in [6.45, 7) is 0. The first-order valence-electron chi connectivity index (χ1n) is 3.36. The lowest BCUT2D eigenvalue weighted by atomic mass is 10.1. The Labute approximate surface area is 86.8 Å². The third-order valence-corrected chi connectivity index (χ3v) is 2.99. The molecule has 1 aliphatic rings. The van der Waals surface area contributed by atoms with E-state index in [0.29, 0.717) is 4.47 Å². The van der Waals surface area contributed by atoms with Gasteiger partial charge in [-0.15, -0.1) is 0 Å². The van der Waals surface area contributed by atoms with Crippen molar-refractivity contribution in [2.24, 2.45) is 0 Å². The Balaban J connectivity index is 2.78. The fourth-order valence-electron chi connectivity index (χ4n) is 1.11. The molecule has 0 aliphatic carbocycles. The highest BCUT2D eigenvalue weighted by Gasteiger charge is 2.32. The zero-order valence-corrected chi connectivity index (χ0v) is 8.48. The van der Waals surface area contributed by atoms with Crippen LogP contribution in [0.4, 0.5) is 0 Å². The minimum atomic E-state index is -0.689. The van der Waals surface area contributed by atoms with Crippen LogP contribution >= 0.6 is 27.5 Å². The van der Waals surface area contributed by atoms with E-state index < -0.39 is 11.9 Å². The molecular weight excluding hydrogens is 259 g/mol. The highest BCUT2D eigenvalue weighted by atomic mass is 79.9. The van der Waals surface area contributed by atoms with E-state index in [2.05, 4.69) is 20.7 Å². The Morgan fingerprint density at radius 1 is 1.23 bits per heavy atom. The number of hydrogen-bond donors (Lipinski definition) is 0. The zero-order chi connectivity index (χ0) is 9.59. The highest BCUT2D eigenvalue weighted by molar-refractivity contribution is 9.10. The van der Waals surface area contributed by atoms with Crippen LogP contribution in [0.5, 0.6) is 0 Å². The Morgan fingerprint density at radius 2 is 1.92 bits per heavy atom. The maximum atomic E-state index is 11.1. The molecule has 0 bridgehead atoms. The van der Waals surface area contributed by atoms with Crippen LogP contribution in [-0.2, 0) is 4.74 Å². The average Bonchev–Trinajstić information content (AvgIpc) is 2.35. The summed E-state index contributed by atoms with van der Waals surface area (Å²) in [5, 5.41) is 0.216. The zero-order valence-electron chi connectivity index (χ0n) is 6.14. The van der Waals surface area contributed by atoms with Crippen molar-refractivity contribution >= 4 is 39.5 Å². The molecule has 66 valence electrons. The molecule has 0 N–H and O–H groups in total. The molecule has 0 unspecified atom stereocenters. The van der Waals surface area contributed by atoms with Gasteiger partial charge in [0.05, 0.1) is 16.1 Å². The van der Waals surface area contributed by atoms with Crippen LogP contribution in [0.3, 0.4) is 0 Å². The number of carbonyl (C=O) groups excluding carboxylic acids is 2. The lowest BCUT2D eigenvalue weighted by molar-refractivity contribution is 0.0444. The lowest BCUT2D eigenvalue weighted by Gasteiger charge is -1.97. The van der Waals surface area contributed by atoms with Gasteiger partial charge in [-0.2, -0.15) is 0 Å². The number of rotatable bonds is 0. The molecule has 1 aromatic carbocycles. The second-order valence-corrected chi connectivity index (χ2v) is 3.69. The maximum Gasteiger partial charge on any atom is 0.348 e. The van der Waals surface area contributed by atoms with E-state index in [1.165, 1.54) is 6.07 Å². The van der Waals surface area contributed by atoms with Gasteiger partial charge in [0.1, 0.15) is 0 Å². The third-order valence-electron chi connectivity index (χ3n) is 1.70. The van der Waals surface area contributed by atoms with Gasteiger partial charge in [-0.3, -0.25) is 0 Å². The topological polar surface area (TPSA) is 43.4 Å². The first-order valence-corrected chi connectivity index (χ1v) is 4.53. The maximum absolute atomic E-state index is 11.1. The van der Waals surface area contributed by atoms with Gasteiger partial charge in [0.25, 0.3) is 0 Å². The van der Waals surface area contributed by atoms with Gasteiger partial charge in [-0.05, 0) is 28.1 Å². The lowest BCUT2D eigenvalue weighted by Crippen LogP contribution is -1.97. The van der Waals surface area contributed by atoms with Crippen molar-refractivity contribution < 1.29 is 14.3 Å². The van der Waals surface area contributed by atoms with Crippen LogP contribution < -0.4 is 0 Å². The third kappa shape index (κ3) is 1.17. The standard InChI is InChI=1S/C8H2BrClO3/c9-4-2-1-3-5(6(4)10)8(12)13-7(3)11/h1-2H. The summed E-state index contributed by atoms with van der Waals surface area (Å²) in [6.07, 6.45) is 0. The van der Waals surface area contributed by atoms with Crippen molar-refractivity contribution in [3.05, 3.63) is 32.8 Å². The number of ether oxygens (including phenoxy) is 1. The Bertz CT molecular complexity index is 428. The number of cyclic esters (lactones) is 2. The fourth-order valence-corrected chi connectivity index (χ4v) is 1.68. The minimum absolute atomic E-state index is 0.140. The molecule has 2 rings (SSSR count). The van der Waals surface area contributed by atoms with Crippen molar-refractivity contribution in [1.29, 1.82) is 0 Å². The number of fused-ring (bicyclic) bond motifs is 1. The van der Waals surface area contributed by atoms with Gasteiger partial charge in [-0.1, -0.05) is 11.6 Å². The molecule has 0 saturated carbocycles. The smallest absolute Gasteiger partial charge is 0.348 e. The van der Waals surface area contributed by atoms with Crippen molar-refractivity contribution in [2.75, 3.05) is 0 Å². The van der Waals surface area contributed by atoms with E-state index in [1.54, 1.807) is 6.07 Å². The SMILES string of the molecule is O=C1OC(=O)c2c1ccc(Br)c2Cl.